The molecule has 0 aliphatic carbocycles. The van der Waals surface area contributed by atoms with Gasteiger partial charge in [0.15, 0.2) is 5.92 Å². The molecule has 0 fully saturated rings. The predicted octanol–water partition coefficient (Wildman–Crippen LogP) is 2.55. The summed E-state index contributed by atoms with van der Waals surface area (Å²) in [4.78, 5) is 23.3. The highest BCUT2D eigenvalue weighted by molar-refractivity contribution is 6.80. The fourth-order valence-electron chi connectivity index (χ4n) is 1.33. The van der Waals surface area contributed by atoms with Crippen molar-refractivity contribution in [2.75, 3.05) is 13.2 Å². The highest BCUT2D eigenvalue weighted by Gasteiger charge is 2.28. The van der Waals surface area contributed by atoms with Crippen LogP contribution in [0.3, 0.4) is 0 Å². The van der Waals surface area contributed by atoms with Crippen LogP contribution >= 0.6 is 0 Å². The van der Waals surface area contributed by atoms with Gasteiger partial charge in [-0.15, -0.1) is 0 Å². The van der Waals surface area contributed by atoms with Gasteiger partial charge in [0.25, 0.3) is 0 Å². The Morgan fingerprint density at radius 1 is 1.06 bits per heavy atom. The summed E-state index contributed by atoms with van der Waals surface area (Å²) in [5.74, 6) is -1.84. The lowest BCUT2D eigenvalue weighted by Crippen LogP contribution is -2.28. The zero-order valence-electron chi connectivity index (χ0n) is 12.0. The first-order chi connectivity index (χ1) is 8.31. The molecule has 0 N–H and O–H groups in total. The molecule has 0 rings (SSSR count). The molecule has 0 unspecified atom stereocenters. The van der Waals surface area contributed by atoms with Gasteiger partial charge in [-0.05, 0) is 20.3 Å². The van der Waals surface area contributed by atoms with Crippen molar-refractivity contribution >= 4 is 20.0 Å². The number of hydrogen-bond acceptors (Lipinski definition) is 4. The molecule has 18 heavy (non-hydrogen) atoms. The van der Waals surface area contributed by atoms with Gasteiger partial charge in [-0.2, -0.15) is 0 Å². The summed E-state index contributed by atoms with van der Waals surface area (Å²) in [5, 5.41) is 0. The molecule has 0 amide bonds. The summed E-state index contributed by atoms with van der Waals surface area (Å²) < 4.78 is 9.78. The van der Waals surface area contributed by atoms with E-state index in [1.54, 1.807) is 13.8 Å². The minimum Gasteiger partial charge on any atom is -0.465 e. The molecule has 4 nitrogen and oxygen atoms in total. The molecule has 0 aliphatic heterocycles. The molecular weight excluding hydrogens is 248 g/mol. The van der Waals surface area contributed by atoms with Crippen molar-refractivity contribution in [2.45, 2.75) is 39.9 Å². The molecule has 0 aromatic heterocycles. The van der Waals surface area contributed by atoms with Crippen LogP contribution in [0.25, 0.3) is 0 Å². The van der Waals surface area contributed by atoms with E-state index in [9.17, 15) is 9.59 Å². The Morgan fingerprint density at radius 3 is 1.83 bits per heavy atom. The van der Waals surface area contributed by atoms with E-state index >= 15 is 0 Å². The Balaban J connectivity index is 4.62. The number of allylic oxidation sites excluding steroid dienone is 1. The first-order valence-corrected chi connectivity index (χ1v) is 9.90. The van der Waals surface area contributed by atoms with Gasteiger partial charge >= 0.3 is 11.9 Å². The maximum Gasteiger partial charge on any atom is 0.320 e. The van der Waals surface area contributed by atoms with E-state index in [2.05, 4.69) is 25.3 Å². The lowest BCUT2D eigenvalue weighted by molar-refractivity contribution is -0.161. The summed E-state index contributed by atoms with van der Waals surface area (Å²) in [6.07, 6.45) is 2.24. The number of carbonyl (C=O) groups excluding carboxylic acids is 2. The molecule has 0 aliphatic rings. The Labute approximate surface area is 110 Å². The second kappa shape index (κ2) is 8.08. The zero-order chi connectivity index (χ0) is 14.2. The topological polar surface area (TPSA) is 52.6 Å². The molecule has 104 valence electrons. The fraction of sp³-hybridized carbons (Fsp3) is 0.692. The first kappa shape index (κ1) is 16.9. The smallest absolute Gasteiger partial charge is 0.320 e. The van der Waals surface area contributed by atoms with Crippen LogP contribution in [0.4, 0.5) is 0 Å². The van der Waals surface area contributed by atoms with E-state index in [1.807, 2.05) is 6.08 Å². The minimum atomic E-state index is -1.32. The van der Waals surface area contributed by atoms with Crippen LogP contribution in [0.1, 0.15) is 20.3 Å². The second-order valence-electron chi connectivity index (χ2n) is 5.06. The quantitative estimate of drug-likeness (QED) is 0.406. The molecule has 0 aromatic carbocycles. The van der Waals surface area contributed by atoms with Gasteiger partial charge in [-0.3, -0.25) is 9.59 Å². The van der Waals surface area contributed by atoms with Crippen molar-refractivity contribution in [3.8, 4) is 0 Å². The lowest BCUT2D eigenvalue weighted by Gasteiger charge is -2.13. The van der Waals surface area contributed by atoms with Gasteiger partial charge in [-0.25, -0.2) is 0 Å². The van der Waals surface area contributed by atoms with Gasteiger partial charge in [0.1, 0.15) is 0 Å². The third-order valence-electron chi connectivity index (χ3n) is 2.13. The van der Waals surface area contributed by atoms with Crippen molar-refractivity contribution in [3.05, 3.63) is 11.8 Å². The van der Waals surface area contributed by atoms with Crippen LogP contribution in [-0.4, -0.2) is 33.2 Å². The molecule has 0 radical (unpaired) electrons. The van der Waals surface area contributed by atoms with E-state index in [0.29, 0.717) is 6.42 Å². The van der Waals surface area contributed by atoms with Gasteiger partial charge in [0.2, 0.25) is 0 Å². The number of carbonyl (C=O) groups is 2. The molecule has 5 heteroatoms. The zero-order valence-corrected chi connectivity index (χ0v) is 13.0. The number of esters is 2. The molecule has 0 spiro atoms. The molecule has 0 bridgehead atoms. The summed E-state index contributed by atoms with van der Waals surface area (Å²) in [5.41, 5.74) is 2.11. The monoisotopic (exact) mass is 272 g/mol. The third kappa shape index (κ3) is 7.27. The van der Waals surface area contributed by atoms with Crippen molar-refractivity contribution in [1.82, 2.24) is 0 Å². The molecular formula is C13H24O4Si. The Hall–Kier alpha value is -1.10. The number of ether oxygens (including phenoxy) is 2. The molecule has 0 saturated carbocycles. The van der Waals surface area contributed by atoms with Crippen LogP contribution in [0.5, 0.6) is 0 Å². The maximum atomic E-state index is 11.7. The molecule has 0 aromatic rings. The average Bonchev–Trinajstić information content (AvgIpc) is 2.23. The van der Waals surface area contributed by atoms with E-state index in [0.717, 1.165) is 0 Å². The van der Waals surface area contributed by atoms with Crippen molar-refractivity contribution in [2.24, 2.45) is 5.92 Å². The Kier molecular flexibility index (Phi) is 7.58. The third-order valence-corrected chi connectivity index (χ3v) is 3.37. The van der Waals surface area contributed by atoms with Crippen molar-refractivity contribution in [1.29, 1.82) is 0 Å². The van der Waals surface area contributed by atoms with Crippen LogP contribution in [0.2, 0.25) is 19.6 Å². The second-order valence-corrected chi connectivity index (χ2v) is 10.1. The summed E-state index contributed by atoms with van der Waals surface area (Å²) in [6.45, 7) is 10.5. The predicted molar refractivity (Wildman–Crippen MR) is 73.9 cm³/mol. The fourth-order valence-corrected chi connectivity index (χ4v) is 2.18. The minimum absolute atomic E-state index is 0.270. The number of rotatable bonds is 7. The molecule has 0 saturated heterocycles. The standard InChI is InChI=1S/C13H24O4Si/c1-6-16-12(14)11(13(15)17-7-2)9-8-10-18(3,4)5/h8,10-11H,6-7,9H2,1-5H3/b10-8+. The van der Waals surface area contributed by atoms with E-state index in [4.69, 9.17) is 9.47 Å². The lowest BCUT2D eigenvalue weighted by atomic mass is 10.1. The largest absolute Gasteiger partial charge is 0.465 e. The maximum absolute atomic E-state index is 11.7. The number of hydrogen-bond donors (Lipinski definition) is 0. The van der Waals surface area contributed by atoms with E-state index < -0.39 is 25.9 Å². The summed E-state index contributed by atoms with van der Waals surface area (Å²) in [6, 6.07) is 0. The Bertz CT molecular complexity index is 287. The summed E-state index contributed by atoms with van der Waals surface area (Å²) >= 11 is 0. The average molecular weight is 272 g/mol. The van der Waals surface area contributed by atoms with Gasteiger partial charge in [-0.1, -0.05) is 31.4 Å². The van der Waals surface area contributed by atoms with Crippen LogP contribution < -0.4 is 0 Å². The highest BCUT2D eigenvalue weighted by atomic mass is 28.3. The SMILES string of the molecule is CCOC(=O)C(C/C=C/[Si](C)(C)C)C(=O)OCC. The van der Waals surface area contributed by atoms with Crippen molar-refractivity contribution < 1.29 is 19.1 Å². The molecule has 0 heterocycles. The van der Waals surface area contributed by atoms with Gasteiger partial charge < -0.3 is 9.47 Å². The van der Waals surface area contributed by atoms with Crippen molar-refractivity contribution in [3.63, 3.8) is 0 Å². The van der Waals surface area contributed by atoms with Gasteiger partial charge in [0.05, 0.1) is 21.3 Å². The highest BCUT2D eigenvalue weighted by Crippen LogP contribution is 2.12. The van der Waals surface area contributed by atoms with Crippen LogP contribution in [-0.2, 0) is 19.1 Å². The van der Waals surface area contributed by atoms with Crippen LogP contribution in [0, 0.1) is 5.92 Å². The normalized spacial score (nSPS) is 11.9. The van der Waals surface area contributed by atoms with Crippen LogP contribution in [0.15, 0.2) is 11.8 Å². The van der Waals surface area contributed by atoms with E-state index in [1.165, 1.54) is 0 Å². The molecule has 0 atom stereocenters. The first-order valence-electron chi connectivity index (χ1n) is 6.32. The van der Waals surface area contributed by atoms with Gasteiger partial charge in [0, 0.05) is 0 Å². The summed E-state index contributed by atoms with van der Waals surface area (Å²) in [7, 11) is -1.32. The Morgan fingerprint density at radius 2 is 1.50 bits per heavy atom. The van der Waals surface area contributed by atoms with E-state index in [-0.39, 0.29) is 13.2 Å².